The highest BCUT2D eigenvalue weighted by atomic mass is 16.1. The van der Waals surface area contributed by atoms with Gasteiger partial charge in [-0.25, -0.2) is 0 Å². The Morgan fingerprint density at radius 2 is 2.19 bits per heavy atom. The lowest BCUT2D eigenvalue weighted by atomic mass is 10.1. The van der Waals surface area contributed by atoms with Crippen LogP contribution in [0.15, 0.2) is 36.7 Å². The number of nitrogens with zero attached hydrogens (tertiary/aromatic N) is 1. The molecular formula is C12H13N3O. The molecule has 0 atom stereocenters. The average molecular weight is 215 g/mol. The lowest BCUT2D eigenvalue weighted by Gasteiger charge is -2.05. The van der Waals surface area contributed by atoms with Gasteiger partial charge in [0.1, 0.15) is 0 Å². The number of benzene rings is 1. The molecule has 0 aliphatic rings. The largest absolute Gasteiger partial charge is 0.330 e. The van der Waals surface area contributed by atoms with Crippen molar-refractivity contribution >= 4 is 22.4 Å². The third-order valence-corrected chi connectivity index (χ3v) is 2.30. The first-order chi connectivity index (χ1) is 7.79. The zero-order valence-corrected chi connectivity index (χ0v) is 8.81. The van der Waals surface area contributed by atoms with Crippen molar-refractivity contribution in [2.45, 2.75) is 6.42 Å². The molecule has 1 aromatic carbocycles. The van der Waals surface area contributed by atoms with Gasteiger partial charge in [-0.15, -0.1) is 0 Å². The Bertz CT molecular complexity index is 510. The smallest absolute Gasteiger partial charge is 0.225 e. The lowest BCUT2D eigenvalue weighted by molar-refractivity contribution is -0.116. The van der Waals surface area contributed by atoms with Crippen LogP contribution in [0, 0.1) is 0 Å². The SMILES string of the molecule is NCCC(=O)Nc1ccc2cnccc2c1. The van der Waals surface area contributed by atoms with Gasteiger partial charge in [0.2, 0.25) is 5.91 Å². The van der Waals surface area contributed by atoms with E-state index in [1.54, 1.807) is 12.4 Å². The Morgan fingerprint density at radius 3 is 3.00 bits per heavy atom. The maximum atomic E-state index is 11.3. The molecule has 0 saturated heterocycles. The van der Waals surface area contributed by atoms with Crippen LogP contribution < -0.4 is 11.1 Å². The second-order valence-corrected chi connectivity index (χ2v) is 3.52. The molecule has 0 aliphatic carbocycles. The molecule has 0 aliphatic heterocycles. The maximum absolute atomic E-state index is 11.3. The van der Waals surface area contributed by atoms with Gasteiger partial charge in [0, 0.05) is 36.4 Å². The summed E-state index contributed by atoms with van der Waals surface area (Å²) in [4.78, 5) is 15.4. The fourth-order valence-electron chi connectivity index (χ4n) is 1.52. The molecule has 0 saturated carbocycles. The first kappa shape index (κ1) is 10.6. The molecule has 16 heavy (non-hydrogen) atoms. The Hall–Kier alpha value is -1.94. The number of nitrogens with one attached hydrogen (secondary N) is 1. The number of fused-ring (bicyclic) bond motifs is 1. The van der Waals surface area contributed by atoms with Crippen molar-refractivity contribution in [1.82, 2.24) is 4.98 Å². The van der Waals surface area contributed by atoms with E-state index in [1.165, 1.54) is 0 Å². The minimum absolute atomic E-state index is 0.0593. The first-order valence-corrected chi connectivity index (χ1v) is 5.13. The van der Waals surface area contributed by atoms with Crippen LogP contribution >= 0.6 is 0 Å². The quantitative estimate of drug-likeness (QED) is 0.815. The fraction of sp³-hybridized carbons (Fsp3) is 0.167. The summed E-state index contributed by atoms with van der Waals surface area (Å²) in [6.45, 7) is 0.364. The number of amides is 1. The Balaban J connectivity index is 2.22. The van der Waals surface area contributed by atoms with Gasteiger partial charge in [0.15, 0.2) is 0 Å². The third-order valence-electron chi connectivity index (χ3n) is 2.30. The molecular weight excluding hydrogens is 202 g/mol. The van der Waals surface area contributed by atoms with Crippen LogP contribution in [-0.2, 0) is 4.79 Å². The highest BCUT2D eigenvalue weighted by Crippen LogP contribution is 2.17. The lowest BCUT2D eigenvalue weighted by Crippen LogP contribution is -2.16. The molecule has 1 aromatic heterocycles. The van der Waals surface area contributed by atoms with Crippen molar-refractivity contribution in [3.05, 3.63) is 36.7 Å². The Kier molecular flexibility index (Phi) is 3.12. The number of rotatable bonds is 3. The van der Waals surface area contributed by atoms with Crippen LogP contribution in [0.2, 0.25) is 0 Å². The molecule has 4 nitrogen and oxygen atoms in total. The third kappa shape index (κ3) is 2.35. The number of carbonyl (C=O) groups excluding carboxylic acids is 1. The van der Waals surface area contributed by atoms with Crippen LogP contribution in [0.4, 0.5) is 5.69 Å². The van der Waals surface area contributed by atoms with Gasteiger partial charge >= 0.3 is 0 Å². The maximum Gasteiger partial charge on any atom is 0.225 e. The van der Waals surface area contributed by atoms with Crippen molar-refractivity contribution in [2.24, 2.45) is 5.73 Å². The summed E-state index contributed by atoms with van der Waals surface area (Å²) in [5, 5.41) is 4.91. The van der Waals surface area contributed by atoms with Crippen molar-refractivity contribution in [3.63, 3.8) is 0 Å². The minimum atomic E-state index is -0.0593. The van der Waals surface area contributed by atoms with Crippen LogP contribution in [0.1, 0.15) is 6.42 Å². The van der Waals surface area contributed by atoms with Gasteiger partial charge in [-0.05, 0) is 23.6 Å². The van der Waals surface area contributed by atoms with Crippen LogP contribution in [0.3, 0.4) is 0 Å². The highest BCUT2D eigenvalue weighted by Gasteiger charge is 2.01. The summed E-state index contributed by atoms with van der Waals surface area (Å²) in [6, 6.07) is 7.62. The molecule has 2 aromatic rings. The van der Waals surface area contributed by atoms with Crippen molar-refractivity contribution in [3.8, 4) is 0 Å². The van der Waals surface area contributed by atoms with Gasteiger partial charge in [-0.3, -0.25) is 9.78 Å². The second-order valence-electron chi connectivity index (χ2n) is 3.52. The average Bonchev–Trinajstić information content (AvgIpc) is 2.29. The molecule has 2 rings (SSSR count). The van der Waals surface area contributed by atoms with Crippen LogP contribution in [0.5, 0.6) is 0 Å². The van der Waals surface area contributed by atoms with Gasteiger partial charge in [-0.2, -0.15) is 0 Å². The Labute approximate surface area is 93.5 Å². The first-order valence-electron chi connectivity index (χ1n) is 5.13. The summed E-state index contributed by atoms with van der Waals surface area (Å²) >= 11 is 0. The van der Waals surface area contributed by atoms with Crippen molar-refractivity contribution in [1.29, 1.82) is 0 Å². The summed E-state index contributed by atoms with van der Waals surface area (Å²) < 4.78 is 0. The molecule has 0 fully saturated rings. The molecule has 1 heterocycles. The van der Waals surface area contributed by atoms with E-state index in [9.17, 15) is 4.79 Å². The standard InChI is InChI=1S/C12H13N3O/c13-5-3-12(16)15-11-2-1-10-8-14-6-4-9(10)7-11/h1-2,4,6-8H,3,5,13H2,(H,15,16). The predicted octanol–water partition coefficient (Wildman–Crippen LogP) is 1.52. The number of pyridine rings is 1. The summed E-state index contributed by atoms with van der Waals surface area (Å²) in [5.41, 5.74) is 6.09. The second kappa shape index (κ2) is 4.72. The van der Waals surface area contributed by atoms with Crippen LogP contribution in [-0.4, -0.2) is 17.4 Å². The van der Waals surface area contributed by atoms with E-state index in [-0.39, 0.29) is 5.91 Å². The number of aromatic nitrogens is 1. The molecule has 4 heteroatoms. The molecule has 82 valence electrons. The van der Waals surface area contributed by atoms with Gasteiger partial charge in [0.05, 0.1) is 0 Å². The number of hydrogen-bond donors (Lipinski definition) is 2. The zero-order valence-electron chi connectivity index (χ0n) is 8.81. The van der Waals surface area contributed by atoms with Crippen molar-refractivity contribution in [2.75, 3.05) is 11.9 Å². The summed E-state index contributed by atoms with van der Waals surface area (Å²) in [5.74, 6) is -0.0593. The topological polar surface area (TPSA) is 68.0 Å². The minimum Gasteiger partial charge on any atom is -0.330 e. The molecule has 0 radical (unpaired) electrons. The fourth-order valence-corrected chi connectivity index (χ4v) is 1.52. The van der Waals surface area contributed by atoms with Gasteiger partial charge in [-0.1, -0.05) is 6.07 Å². The van der Waals surface area contributed by atoms with Crippen molar-refractivity contribution < 1.29 is 4.79 Å². The van der Waals surface area contributed by atoms with Gasteiger partial charge in [0.25, 0.3) is 0 Å². The van der Waals surface area contributed by atoms with E-state index >= 15 is 0 Å². The molecule has 3 N–H and O–H groups in total. The van der Waals surface area contributed by atoms with Crippen LogP contribution in [0.25, 0.3) is 10.8 Å². The number of nitrogens with two attached hydrogens (primary N) is 1. The van der Waals surface area contributed by atoms with E-state index in [1.807, 2.05) is 24.3 Å². The van der Waals surface area contributed by atoms with E-state index in [0.717, 1.165) is 16.5 Å². The number of carbonyl (C=O) groups is 1. The van der Waals surface area contributed by atoms with E-state index in [0.29, 0.717) is 13.0 Å². The molecule has 0 unspecified atom stereocenters. The monoisotopic (exact) mass is 215 g/mol. The van der Waals surface area contributed by atoms with Gasteiger partial charge < -0.3 is 11.1 Å². The number of hydrogen-bond acceptors (Lipinski definition) is 3. The Morgan fingerprint density at radius 1 is 1.31 bits per heavy atom. The summed E-state index contributed by atoms with van der Waals surface area (Å²) in [6.07, 6.45) is 3.86. The number of anilines is 1. The van der Waals surface area contributed by atoms with E-state index < -0.39 is 0 Å². The normalized spacial score (nSPS) is 10.3. The van der Waals surface area contributed by atoms with E-state index in [4.69, 9.17) is 5.73 Å². The van der Waals surface area contributed by atoms with E-state index in [2.05, 4.69) is 10.3 Å². The highest BCUT2D eigenvalue weighted by molar-refractivity contribution is 5.94. The molecule has 1 amide bonds. The zero-order chi connectivity index (χ0) is 11.4. The predicted molar refractivity (Wildman–Crippen MR) is 64.0 cm³/mol. The molecule has 0 bridgehead atoms. The summed E-state index contributed by atoms with van der Waals surface area (Å²) in [7, 11) is 0. The molecule has 0 spiro atoms.